The maximum absolute atomic E-state index is 12.3. The molecule has 110 valence electrons. The number of hydrogen-bond acceptors (Lipinski definition) is 3. The van der Waals surface area contributed by atoms with Gasteiger partial charge in [0.15, 0.2) is 0 Å². The van der Waals surface area contributed by atoms with Gasteiger partial charge >= 0.3 is 5.97 Å². The Balaban J connectivity index is 3.01. The van der Waals surface area contributed by atoms with Crippen LogP contribution in [-0.2, 0) is 20.6 Å². The molecular weight excluding hydrogens is 278 g/mol. The number of hydrogen-bond donors (Lipinski definition) is 1. The molecule has 1 aromatic carbocycles. The normalized spacial score (nSPS) is 11.6. The van der Waals surface area contributed by atoms with Crippen LogP contribution in [0.1, 0.15) is 16.7 Å². The third-order valence-corrected chi connectivity index (χ3v) is 4.43. The molecule has 0 atom stereocenters. The van der Waals surface area contributed by atoms with Crippen LogP contribution < -0.4 is 0 Å². The summed E-state index contributed by atoms with van der Waals surface area (Å²) < 4.78 is 25.4. The van der Waals surface area contributed by atoms with Crippen molar-refractivity contribution >= 4 is 16.0 Å². The summed E-state index contributed by atoms with van der Waals surface area (Å²) in [7, 11) is -3.68. The number of sulfonamides is 1. The number of benzene rings is 1. The van der Waals surface area contributed by atoms with Gasteiger partial charge in [0.05, 0.1) is 5.75 Å². The summed E-state index contributed by atoms with van der Waals surface area (Å²) in [6.07, 6.45) is 1.38. The van der Waals surface area contributed by atoms with E-state index in [1.165, 1.54) is 6.08 Å². The SMILES string of the molecule is C=CCN(CC(=O)O)S(=O)(=O)Cc1cc(C)cc(C)c1. The number of carboxylic acid groups (broad SMARTS) is 1. The molecule has 0 aromatic heterocycles. The average Bonchev–Trinajstić information content (AvgIpc) is 2.25. The fourth-order valence-corrected chi connectivity index (χ4v) is 3.44. The fraction of sp³-hybridized carbons (Fsp3) is 0.357. The Bertz CT molecular complexity index is 587. The second-order valence-electron chi connectivity index (χ2n) is 4.73. The molecule has 0 aliphatic carbocycles. The summed E-state index contributed by atoms with van der Waals surface area (Å²) in [6.45, 7) is 6.67. The summed E-state index contributed by atoms with van der Waals surface area (Å²) in [6, 6.07) is 5.53. The lowest BCUT2D eigenvalue weighted by molar-refractivity contribution is -0.137. The zero-order valence-corrected chi connectivity index (χ0v) is 12.5. The topological polar surface area (TPSA) is 74.7 Å². The van der Waals surface area contributed by atoms with Gasteiger partial charge in [-0.25, -0.2) is 8.42 Å². The molecule has 0 amide bonds. The molecule has 0 radical (unpaired) electrons. The van der Waals surface area contributed by atoms with E-state index in [4.69, 9.17) is 5.11 Å². The second-order valence-corrected chi connectivity index (χ2v) is 6.70. The number of carboxylic acids is 1. The Labute approximate surface area is 119 Å². The van der Waals surface area contributed by atoms with Crippen molar-refractivity contribution in [2.24, 2.45) is 0 Å². The molecule has 0 saturated heterocycles. The number of aryl methyl sites for hydroxylation is 2. The Kier molecular flexibility index (Phi) is 5.47. The minimum Gasteiger partial charge on any atom is -0.480 e. The highest BCUT2D eigenvalue weighted by atomic mass is 32.2. The van der Waals surface area contributed by atoms with Gasteiger partial charge in [0, 0.05) is 6.54 Å². The first-order chi connectivity index (χ1) is 9.24. The predicted octanol–water partition coefficient (Wildman–Crippen LogP) is 1.71. The third-order valence-electron chi connectivity index (χ3n) is 2.67. The van der Waals surface area contributed by atoms with E-state index in [9.17, 15) is 13.2 Å². The Morgan fingerprint density at radius 1 is 1.30 bits per heavy atom. The van der Waals surface area contributed by atoms with Crippen molar-refractivity contribution < 1.29 is 18.3 Å². The van der Waals surface area contributed by atoms with Crippen molar-refractivity contribution in [1.29, 1.82) is 0 Å². The van der Waals surface area contributed by atoms with Crippen LogP contribution in [0.4, 0.5) is 0 Å². The van der Waals surface area contributed by atoms with Gasteiger partial charge in [0.25, 0.3) is 0 Å². The second kappa shape index (κ2) is 6.67. The van der Waals surface area contributed by atoms with Crippen LogP contribution in [0.5, 0.6) is 0 Å². The van der Waals surface area contributed by atoms with Crippen LogP contribution in [0.15, 0.2) is 30.9 Å². The summed E-state index contributed by atoms with van der Waals surface area (Å²) in [5.74, 6) is -1.40. The molecule has 5 nitrogen and oxygen atoms in total. The standard InChI is InChI=1S/C14H19NO4S/c1-4-5-15(9-14(16)17)20(18,19)10-13-7-11(2)6-12(3)8-13/h4,6-8H,1,5,9-10H2,2-3H3,(H,16,17). The van der Waals surface area contributed by atoms with Gasteiger partial charge in [0.1, 0.15) is 6.54 Å². The van der Waals surface area contributed by atoms with Gasteiger partial charge in [-0.3, -0.25) is 4.79 Å². The fourth-order valence-electron chi connectivity index (χ4n) is 2.03. The first kappa shape index (κ1) is 16.4. The summed E-state index contributed by atoms with van der Waals surface area (Å²) in [5, 5.41) is 8.79. The van der Waals surface area contributed by atoms with E-state index in [1.807, 2.05) is 19.9 Å². The quantitative estimate of drug-likeness (QED) is 0.777. The first-order valence-corrected chi connectivity index (χ1v) is 7.73. The summed E-state index contributed by atoms with van der Waals surface area (Å²) in [5.41, 5.74) is 2.61. The van der Waals surface area contributed by atoms with E-state index >= 15 is 0 Å². The van der Waals surface area contributed by atoms with Gasteiger partial charge in [-0.2, -0.15) is 4.31 Å². The van der Waals surface area contributed by atoms with Crippen molar-refractivity contribution in [3.63, 3.8) is 0 Å². The largest absolute Gasteiger partial charge is 0.480 e. The Hall–Kier alpha value is -1.66. The molecule has 1 aromatic rings. The van der Waals surface area contributed by atoms with Crippen molar-refractivity contribution in [2.45, 2.75) is 19.6 Å². The van der Waals surface area contributed by atoms with Crippen LogP contribution in [0, 0.1) is 13.8 Å². The van der Waals surface area contributed by atoms with Crippen LogP contribution in [0.2, 0.25) is 0 Å². The van der Waals surface area contributed by atoms with E-state index in [1.54, 1.807) is 12.1 Å². The molecule has 0 spiro atoms. The molecule has 0 heterocycles. The first-order valence-electron chi connectivity index (χ1n) is 6.12. The van der Waals surface area contributed by atoms with Crippen molar-refractivity contribution in [1.82, 2.24) is 4.31 Å². The summed E-state index contributed by atoms with van der Waals surface area (Å²) >= 11 is 0. The van der Waals surface area contributed by atoms with E-state index in [2.05, 4.69) is 6.58 Å². The predicted molar refractivity (Wildman–Crippen MR) is 77.9 cm³/mol. The van der Waals surface area contributed by atoms with Crippen molar-refractivity contribution in [3.8, 4) is 0 Å². The molecule has 0 aliphatic rings. The maximum atomic E-state index is 12.3. The molecule has 0 bridgehead atoms. The van der Waals surface area contributed by atoms with Crippen molar-refractivity contribution in [2.75, 3.05) is 13.1 Å². The smallest absolute Gasteiger partial charge is 0.318 e. The lowest BCUT2D eigenvalue weighted by atomic mass is 10.1. The highest BCUT2D eigenvalue weighted by Gasteiger charge is 2.23. The lowest BCUT2D eigenvalue weighted by Crippen LogP contribution is -2.36. The molecule has 1 rings (SSSR count). The van der Waals surface area contributed by atoms with Gasteiger partial charge in [0.2, 0.25) is 10.0 Å². The molecular formula is C14H19NO4S. The van der Waals surface area contributed by atoms with Gasteiger partial charge in [-0.15, -0.1) is 6.58 Å². The van der Waals surface area contributed by atoms with Crippen LogP contribution in [0.25, 0.3) is 0 Å². The number of rotatable bonds is 7. The number of aliphatic carboxylic acids is 1. The molecule has 0 aliphatic heterocycles. The zero-order valence-electron chi connectivity index (χ0n) is 11.7. The van der Waals surface area contributed by atoms with E-state index < -0.39 is 22.5 Å². The van der Waals surface area contributed by atoms with E-state index in [0.29, 0.717) is 5.56 Å². The molecule has 0 saturated carbocycles. The molecule has 6 heteroatoms. The van der Waals surface area contributed by atoms with Gasteiger partial charge in [-0.1, -0.05) is 35.4 Å². The van der Waals surface area contributed by atoms with E-state index in [0.717, 1.165) is 15.4 Å². The van der Waals surface area contributed by atoms with E-state index in [-0.39, 0.29) is 12.3 Å². The Morgan fingerprint density at radius 3 is 2.30 bits per heavy atom. The highest BCUT2D eigenvalue weighted by molar-refractivity contribution is 7.88. The van der Waals surface area contributed by atoms with Crippen LogP contribution >= 0.6 is 0 Å². The zero-order chi connectivity index (χ0) is 15.3. The van der Waals surface area contributed by atoms with Gasteiger partial charge in [-0.05, 0) is 19.4 Å². The minimum absolute atomic E-state index is 0.0145. The minimum atomic E-state index is -3.68. The lowest BCUT2D eigenvalue weighted by Gasteiger charge is -2.19. The average molecular weight is 297 g/mol. The number of carbonyl (C=O) groups is 1. The Morgan fingerprint density at radius 2 is 1.85 bits per heavy atom. The van der Waals surface area contributed by atoms with Crippen LogP contribution in [0.3, 0.4) is 0 Å². The monoisotopic (exact) mass is 297 g/mol. The molecule has 0 fully saturated rings. The summed E-state index contributed by atoms with van der Waals surface area (Å²) in [4.78, 5) is 10.8. The molecule has 0 unspecified atom stereocenters. The third kappa shape index (κ3) is 4.79. The highest BCUT2D eigenvalue weighted by Crippen LogP contribution is 2.14. The van der Waals surface area contributed by atoms with Gasteiger partial charge < -0.3 is 5.11 Å². The van der Waals surface area contributed by atoms with Crippen molar-refractivity contribution in [3.05, 3.63) is 47.5 Å². The molecule has 20 heavy (non-hydrogen) atoms. The maximum Gasteiger partial charge on any atom is 0.318 e. The number of nitrogens with zero attached hydrogens (tertiary/aromatic N) is 1. The van der Waals surface area contributed by atoms with Crippen LogP contribution in [-0.4, -0.2) is 36.9 Å². The molecule has 1 N–H and O–H groups in total.